The minimum absolute atomic E-state index is 0.0514. The molecular formula is C23H25NO4. The zero-order valence-electron chi connectivity index (χ0n) is 16.2. The number of carbonyl (C=O) groups is 2. The van der Waals surface area contributed by atoms with E-state index in [4.69, 9.17) is 5.11 Å². The second-order valence-electron chi connectivity index (χ2n) is 8.05. The lowest BCUT2D eigenvalue weighted by Gasteiger charge is -2.30. The highest BCUT2D eigenvalue weighted by Gasteiger charge is 2.35. The summed E-state index contributed by atoms with van der Waals surface area (Å²) in [5.41, 5.74) is 1.43. The van der Waals surface area contributed by atoms with Crippen LogP contribution in [0.15, 0.2) is 58.8 Å². The number of rotatable bonds is 6. The van der Waals surface area contributed by atoms with E-state index in [0.29, 0.717) is 25.0 Å². The third kappa shape index (κ3) is 4.47. The van der Waals surface area contributed by atoms with Crippen molar-refractivity contribution in [3.8, 4) is 0 Å². The fourth-order valence-electron chi connectivity index (χ4n) is 3.75. The number of nitrogens with zero attached hydrogens (tertiary/aromatic N) is 1. The third-order valence-electron chi connectivity index (χ3n) is 5.01. The van der Waals surface area contributed by atoms with E-state index in [0.717, 1.165) is 16.3 Å². The molecule has 2 aromatic carbocycles. The van der Waals surface area contributed by atoms with Crippen LogP contribution in [0.25, 0.3) is 10.8 Å². The van der Waals surface area contributed by atoms with Crippen molar-refractivity contribution in [2.24, 2.45) is 10.4 Å². The third-order valence-corrected chi connectivity index (χ3v) is 5.01. The second-order valence-corrected chi connectivity index (χ2v) is 8.05. The number of carboxylic acid groups (broad SMARTS) is 1. The van der Waals surface area contributed by atoms with Crippen LogP contribution in [0.5, 0.6) is 0 Å². The van der Waals surface area contributed by atoms with E-state index in [9.17, 15) is 14.7 Å². The summed E-state index contributed by atoms with van der Waals surface area (Å²) in [4.78, 5) is 28.1. The van der Waals surface area contributed by atoms with Crippen LogP contribution in [0.3, 0.4) is 0 Å². The van der Waals surface area contributed by atoms with Crippen molar-refractivity contribution in [1.82, 2.24) is 0 Å². The topological polar surface area (TPSA) is 87.0 Å². The number of carboxylic acids is 1. The summed E-state index contributed by atoms with van der Waals surface area (Å²) in [6, 6.07) is 13.9. The molecule has 2 N–H and O–H groups in total. The van der Waals surface area contributed by atoms with Crippen molar-refractivity contribution < 1.29 is 19.8 Å². The number of ketones is 1. The Morgan fingerprint density at radius 2 is 1.82 bits per heavy atom. The van der Waals surface area contributed by atoms with Crippen LogP contribution >= 0.6 is 0 Å². The molecule has 3 rings (SSSR count). The van der Waals surface area contributed by atoms with Crippen molar-refractivity contribution in [2.75, 3.05) is 6.54 Å². The maximum atomic E-state index is 12.8. The van der Waals surface area contributed by atoms with Crippen molar-refractivity contribution in [3.63, 3.8) is 0 Å². The Labute approximate surface area is 164 Å². The molecule has 0 bridgehead atoms. The number of carbonyl (C=O) groups excluding carboxylic acids is 1. The average Bonchev–Trinajstić information content (AvgIpc) is 2.60. The van der Waals surface area contributed by atoms with Crippen molar-refractivity contribution in [1.29, 1.82) is 0 Å². The number of hydrogen-bond donors (Lipinski definition) is 2. The Morgan fingerprint density at radius 1 is 1.11 bits per heavy atom. The Morgan fingerprint density at radius 3 is 2.54 bits per heavy atom. The summed E-state index contributed by atoms with van der Waals surface area (Å²) in [7, 11) is 0. The van der Waals surface area contributed by atoms with Crippen LogP contribution in [-0.4, -0.2) is 34.2 Å². The maximum absolute atomic E-state index is 12.8. The van der Waals surface area contributed by atoms with E-state index in [-0.39, 0.29) is 35.5 Å². The average molecular weight is 379 g/mol. The molecule has 5 nitrogen and oxygen atoms in total. The van der Waals surface area contributed by atoms with Crippen LogP contribution in [0.1, 0.15) is 38.7 Å². The number of aliphatic hydroxyl groups excluding tert-OH is 1. The zero-order valence-corrected chi connectivity index (χ0v) is 16.2. The van der Waals surface area contributed by atoms with Crippen molar-refractivity contribution >= 4 is 28.2 Å². The predicted molar refractivity (Wildman–Crippen MR) is 110 cm³/mol. The molecular weight excluding hydrogens is 354 g/mol. The Bertz CT molecular complexity index is 980. The molecule has 0 saturated heterocycles. The number of aliphatic carboxylic acids is 1. The number of aliphatic imine (C=N–C) groups is 1. The molecule has 0 amide bonds. The lowest BCUT2D eigenvalue weighted by molar-refractivity contribution is -0.136. The standard InChI is InChI=1S/C23H25NO4/c1-23(2)13-19(25)22(20(26)14-23)18(24-11-10-21(27)28)12-16-8-5-7-15-6-3-4-9-17(15)16/h3-9,25H,10-14H2,1-2H3,(H,27,28). The molecule has 0 saturated carbocycles. The first-order chi connectivity index (χ1) is 13.3. The number of aliphatic hydroxyl groups is 1. The number of Topliss-reactive ketones (excluding diaryl/α,β-unsaturated/α-hetero) is 1. The molecule has 0 aliphatic heterocycles. The molecule has 0 radical (unpaired) electrons. The first-order valence-electron chi connectivity index (χ1n) is 9.44. The fraction of sp³-hybridized carbons (Fsp3) is 0.348. The van der Waals surface area contributed by atoms with Gasteiger partial charge >= 0.3 is 5.97 Å². The van der Waals surface area contributed by atoms with E-state index in [1.807, 2.05) is 56.3 Å². The van der Waals surface area contributed by atoms with Crippen molar-refractivity contribution in [3.05, 3.63) is 59.4 Å². The summed E-state index contributed by atoms with van der Waals surface area (Å²) in [6.45, 7) is 3.97. The van der Waals surface area contributed by atoms with Gasteiger partial charge in [0.1, 0.15) is 5.76 Å². The van der Waals surface area contributed by atoms with Gasteiger partial charge in [0, 0.05) is 25.8 Å². The number of fused-ring (bicyclic) bond motifs is 1. The minimum atomic E-state index is -0.942. The lowest BCUT2D eigenvalue weighted by Crippen LogP contribution is -2.30. The Hall–Kier alpha value is -2.95. The normalized spacial score (nSPS) is 17.2. The highest BCUT2D eigenvalue weighted by Crippen LogP contribution is 2.36. The molecule has 0 spiro atoms. The number of hydrogen-bond acceptors (Lipinski definition) is 4. The molecule has 1 aliphatic rings. The van der Waals surface area contributed by atoms with Gasteiger partial charge in [-0.25, -0.2) is 0 Å². The summed E-state index contributed by atoms with van der Waals surface area (Å²) in [5, 5.41) is 21.7. The number of benzene rings is 2. The molecule has 146 valence electrons. The molecule has 0 fully saturated rings. The van der Waals surface area contributed by atoms with Crippen LogP contribution in [0, 0.1) is 5.41 Å². The second kappa shape index (κ2) is 7.97. The van der Waals surface area contributed by atoms with E-state index in [1.54, 1.807) is 0 Å². The summed E-state index contributed by atoms with van der Waals surface area (Å²) < 4.78 is 0. The van der Waals surface area contributed by atoms with E-state index in [1.165, 1.54) is 0 Å². The van der Waals surface area contributed by atoms with Gasteiger partial charge in [-0.2, -0.15) is 0 Å². The monoisotopic (exact) mass is 379 g/mol. The first kappa shape index (κ1) is 19.8. The molecule has 0 unspecified atom stereocenters. The largest absolute Gasteiger partial charge is 0.511 e. The van der Waals surface area contributed by atoms with E-state index >= 15 is 0 Å². The van der Waals surface area contributed by atoms with Gasteiger partial charge in [0.15, 0.2) is 5.78 Å². The van der Waals surface area contributed by atoms with E-state index < -0.39 is 5.97 Å². The van der Waals surface area contributed by atoms with Gasteiger partial charge < -0.3 is 10.2 Å². The van der Waals surface area contributed by atoms with Crippen LogP contribution in [0.2, 0.25) is 0 Å². The number of allylic oxidation sites excluding steroid dienone is 2. The smallest absolute Gasteiger partial charge is 0.305 e. The van der Waals surface area contributed by atoms with E-state index in [2.05, 4.69) is 4.99 Å². The highest BCUT2D eigenvalue weighted by atomic mass is 16.4. The van der Waals surface area contributed by atoms with Crippen molar-refractivity contribution in [2.45, 2.75) is 39.5 Å². The molecule has 0 atom stereocenters. The summed E-state index contributed by atoms with van der Waals surface area (Å²) in [6.07, 6.45) is 0.987. The van der Waals surface area contributed by atoms with Gasteiger partial charge in [0.25, 0.3) is 0 Å². The first-order valence-corrected chi connectivity index (χ1v) is 9.44. The molecule has 28 heavy (non-hydrogen) atoms. The Balaban J connectivity index is 2.02. The van der Waals surface area contributed by atoms with Crippen LogP contribution in [0.4, 0.5) is 0 Å². The maximum Gasteiger partial charge on any atom is 0.305 e. The Kier molecular flexibility index (Phi) is 5.63. The van der Waals surface area contributed by atoms with Gasteiger partial charge in [-0.1, -0.05) is 56.3 Å². The molecule has 0 aromatic heterocycles. The minimum Gasteiger partial charge on any atom is -0.511 e. The molecule has 0 heterocycles. The quantitative estimate of drug-likeness (QED) is 0.724. The summed E-state index contributed by atoms with van der Waals surface area (Å²) in [5.74, 6) is -1.03. The van der Waals surface area contributed by atoms with Gasteiger partial charge in [-0.05, 0) is 21.8 Å². The fourth-order valence-corrected chi connectivity index (χ4v) is 3.75. The highest BCUT2D eigenvalue weighted by molar-refractivity contribution is 6.24. The SMILES string of the molecule is CC1(C)CC(=O)C(C(Cc2cccc3ccccc23)=NCCC(=O)O)=C(O)C1. The molecule has 5 heteroatoms. The van der Waals surface area contributed by atoms with Crippen LogP contribution in [-0.2, 0) is 16.0 Å². The molecule has 2 aromatic rings. The predicted octanol–water partition coefficient (Wildman–Crippen LogP) is 4.50. The summed E-state index contributed by atoms with van der Waals surface area (Å²) >= 11 is 0. The van der Waals surface area contributed by atoms with Gasteiger partial charge in [-0.3, -0.25) is 14.6 Å². The zero-order chi connectivity index (χ0) is 20.3. The lowest BCUT2D eigenvalue weighted by atomic mass is 9.75. The van der Waals surface area contributed by atoms with Gasteiger partial charge in [0.2, 0.25) is 0 Å². The van der Waals surface area contributed by atoms with Gasteiger partial charge in [0.05, 0.1) is 17.7 Å². The van der Waals surface area contributed by atoms with Gasteiger partial charge in [-0.15, -0.1) is 0 Å². The molecule has 1 aliphatic carbocycles. The van der Waals surface area contributed by atoms with Crippen LogP contribution < -0.4 is 0 Å².